The van der Waals surface area contributed by atoms with Crippen LogP contribution < -0.4 is 15.5 Å². The number of nitrogens with zero attached hydrogens (tertiary/aromatic N) is 2. The van der Waals surface area contributed by atoms with Crippen LogP contribution in [-0.2, 0) is 16.1 Å². The van der Waals surface area contributed by atoms with E-state index < -0.39 is 0 Å². The molecule has 0 saturated carbocycles. The predicted molar refractivity (Wildman–Crippen MR) is 99.3 cm³/mol. The Morgan fingerprint density at radius 2 is 2.12 bits per heavy atom. The van der Waals surface area contributed by atoms with Gasteiger partial charge >= 0.3 is 0 Å². The molecule has 0 radical (unpaired) electrons. The Balaban J connectivity index is 0.00000144. The van der Waals surface area contributed by atoms with Gasteiger partial charge in [0.2, 0.25) is 5.91 Å². The first kappa shape index (κ1) is 21.0. The fourth-order valence-electron chi connectivity index (χ4n) is 2.93. The van der Waals surface area contributed by atoms with E-state index in [0.29, 0.717) is 19.0 Å². The van der Waals surface area contributed by atoms with Gasteiger partial charge in [-0.3, -0.25) is 4.79 Å². The molecule has 8 heteroatoms. The molecular weight excluding hydrogens is 351 g/mol. The highest BCUT2D eigenvalue weighted by Gasteiger charge is 2.17. The first-order chi connectivity index (χ1) is 10.8. The Morgan fingerprint density at radius 3 is 2.75 bits per heavy atom. The fourth-order valence-corrected chi connectivity index (χ4v) is 2.93. The van der Waals surface area contributed by atoms with Gasteiger partial charge in [0.1, 0.15) is 5.82 Å². The average molecular weight is 377 g/mol. The van der Waals surface area contributed by atoms with Gasteiger partial charge in [-0.05, 0) is 31.0 Å². The number of morpholine rings is 1. The van der Waals surface area contributed by atoms with Crippen LogP contribution in [0, 0.1) is 0 Å². The molecule has 2 N–H and O–H groups in total. The minimum Gasteiger partial charge on any atom is -0.378 e. The molecule has 1 aromatic rings. The summed E-state index contributed by atoms with van der Waals surface area (Å²) in [6, 6.07) is 4.40. The van der Waals surface area contributed by atoms with E-state index in [9.17, 15) is 4.79 Å². The first-order valence-corrected chi connectivity index (χ1v) is 8.09. The summed E-state index contributed by atoms with van der Waals surface area (Å²) in [4.78, 5) is 18.6. The zero-order valence-electron chi connectivity index (χ0n) is 13.7. The summed E-state index contributed by atoms with van der Waals surface area (Å²) in [5.41, 5.74) is 1.03. The third-order valence-electron chi connectivity index (χ3n) is 4.23. The molecule has 1 aromatic heterocycles. The lowest BCUT2D eigenvalue weighted by molar-refractivity contribution is -0.121. The fraction of sp³-hybridized carbons (Fsp3) is 0.625. The van der Waals surface area contributed by atoms with E-state index in [1.807, 2.05) is 18.3 Å². The Kier molecular flexibility index (Phi) is 9.36. The molecule has 6 nitrogen and oxygen atoms in total. The molecule has 0 spiro atoms. The lowest BCUT2D eigenvalue weighted by Gasteiger charge is -2.27. The van der Waals surface area contributed by atoms with Crippen molar-refractivity contribution in [2.45, 2.75) is 31.8 Å². The van der Waals surface area contributed by atoms with Gasteiger partial charge in [-0.2, -0.15) is 0 Å². The third-order valence-corrected chi connectivity index (χ3v) is 4.23. The van der Waals surface area contributed by atoms with Crippen molar-refractivity contribution in [2.24, 2.45) is 0 Å². The molecule has 0 bridgehead atoms. The number of carbonyl (C=O) groups is 1. The van der Waals surface area contributed by atoms with Gasteiger partial charge < -0.3 is 20.3 Å². The lowest BCUT2D eigenvalue weighted by Crippen LogP contribution is -2.36. The van der Waals surface area contributed by atoms with Gasteiger partial charge in [0.15, 0.2) is 0 Å². The molecule has 3 rings (SSSR count). The van der Waals surface area contributed by atoms with Crippen LogP contribution in [0.2, 0.25) is 0 Å². The molecule has 136 valence electrons. The van der Waals surface area contributed by atoms with Crippen LogP contribution in [-0.4, -0.2) is 49.8 Å². The van der Waals surface area contributed by atoms with E-state index in [4.69, 9.17) is 4.74 Å². The zero-order valence-corrected chi connectivity index (χ0v) is 15.3. The van der Waals surface area contributed by atoms with E-state index in [1.165, 1.54) is 6.42 Å². The Labute approximate surface area is 155 Å². The van der Waals surface area contributed by atoms with Crippen LogP contribution in [0.15, 0.2) is 18.3 Å². The predicted octanol–water partition coefficient (Wildman–Crippen LogP) is 1.52. The summed E-state index contributed by atoms with van der Waals surface area (Å²) in [6.45, 7) is 4.87. The van der Waals surface area contributed by atoms with Gasteiger partial charge in [-0.1, -0.05) is 6.07 Å². The molecule has 1 unspecified atom stereocenters. The summed E-state index contributed by atoms with van der Waals surface area (Å²) in [5, 5.41) is 6.31. The average Bonchev–Trinajstić information content (AvgIpc) is 3.07. The van der Waals surface area contributed by atoms with Crippen LogP contribution in [0.5, 0.6) is 0 Å². The summed E-state index contributed by atoms with van der Waals surface area (Å²) >= 11 is 0. The first-order valence-electron chi connectivity index (χ1n) is 8.09. The monoisotopic (exact) mass is 376 g/mol. The minimum atomic E-state index is 0. The summed E-state index contributed by atoms with van der Waals surface area (Å²) in [7, 11) is 0. The zero-order chi connectivity index (χ0) is 15.2. The van der Waals surface area contributed by atoms with Crippen molar-refractivity contribution in [1.82, 2.24) is 15.6 Å². The minimum absolute atomic E-state index is 0. The number of hydrogen-bond donors (Lipinski definition) is 2. The highest BCUT2D eigenvalue weighted by molar-refractivity contribution is 5.85. The topological polar surface area (TPSA) is 66.5 Å². The van der Waals surface area contributed by atoms with Crippen LogP contribution in [0.3, 0.4) is 0 Å². The number of carbonyl (C=O) groups excluding carboxylic acids is 1. The molecule has 2 fully saturated rings. The third kappa shape index (κ3) is 6.09. The molecule has 0 aliphatic carbocycles. The van der Waals surface area contributed by atoms with Crippen molar-refractivity contribution in [2.75, 3.05) is 37.7 Å². The van der Waals surface area contributed by atoms with E-state index >= 15 is 0 Å². The van der Waals surface area contributed by atoms with E-state index in [2.05, 4.69) is 20.5 Å². The van der Waals surface area contributed by atoms with Gasteiger partial charge in [0.05, 0.1) is 13.2 Å². The lowest BCUT2D eigenvalue weighted by atomic mass is 10.1. The second-order valence-corrected chi connectivity index (χ2v) is 5.90. The number of pyridine rings is 1. The maximum Gasteiger partial charge on any atom is 0.221 e. The van der Waals surface area contributed by atoms with Crippen molar-refractivity contribution in [3.05, 3.63) is 23.9 Å². The van der Waals surface area contributed by atoms with Gasteiger partial charge in [0, 0.05) is 38.3 Å². The van der Waals surface area contributed by atoms with Crippen LogP contribution >= 0.6 is 24.8 Å². The molecular formula is C16H26Cl2N4O2. The summed E-state index contributed by atoms with van der Waals surface area (Å²) in [5.74, 6) is 1.09. The quantitative estimate of drug-likeness (QED) is 0.815. The number of amides is 1. The maximum absolute atomic E-state index is 11.9. The molecule has 2 saturated heterocycles. The Bertz CT molecular complexity index is 489. The van der Waals surface area contributed by atoms with Crippen molar-refractivity contribution in [3.8, 4) is 0 Å². The number of ether oxygens (including phenoxy) is 1. The second kappa shape index (κ2) is 10.7. The molecule has 2 aliphatic rings. The van der Waals surface area contributed by atoms with Crippen molar-refractivity contribution < 1.29 is 9.53 Å². The van der Waals surface area contributed by atoms with Crippen molar-refractivity contribution in [3.63, 3.8) is 0 Å². The van der Waals surface area contributed by atoms with Crippen LogP contribution in [0.4, 0.5) is 5.82 Å². The molecule has 1 atom stereocenters. The number of hydrogen-bond acceptors (Lipinski definition) is 5. The van der Waals surface area contributed by atoms with Crippen molar-refractivity contribution in [1.29, 1.82) is 0 Å². The molecule has 0 aromatic carbocycles. The molecule has 1 amide bonds. The highest BCUT2D eigenvalue weighted by atomic mass is 35.5. The van der Waals surface area contributed by atoms with E-state index in [-0.39, 0.29) is 30.7 Å². The Hall–Kier alpha value is -1.08. The number of aromatic nitrogens is 1. The van der Waals surface area contributed by atoms with E-state index in [0.717, 1.165) is 50.7 Å². The highest BCUT2D eigenvalue weighted by Crippen LogP contribution is 2.13. The number of halogens is 2. The molecule has 2 aliphatic heterocycles. The number of anilines is 1. The van der Waals surface area contributed by atoms with E-state index in [1.54, 1.807) is 0 Å². The number of nitrogens with one attached hydrogen (secondary N) is 2. The summed E-state index contributed by atoms with van der Waals surface area (Å²) < 4.78 is 5.34. The smallest absolute Gasteiger partial charge is 0.221 e. The van der Waals surface area contributed by atoms with Gasteiger partial charge in [-0.15, -0.1) is 24.8 Å². The standard InChI is InChI=1S/C16H24N4O2.2ClH/c21-16(10-14-2-1-5-17-14)19-12-13-3-4-15(18-11-13)20-6-8-22-9-7-20;;/h3-4,11,14,17H,1-2,5-10,12H2,(H,19,21);2*1H. The van der Waals surface area contributed by atoms with Crippen molar-refractivity contribution >= 4 is 36.5 Å². The Morgan fingerprint density at radius 1 is 1.33 bits per heavy atom. The largest absolute Gasteiger partial charge is 0.378 e. The van der Waals surface area contributed by atoms with Crippen LogP contribution in [0.1, 0.15) is 24.8 Å². The number of rotatable bonds is 5. The molecule has 3 heterocycles. The summed E-state index contributed by atoms with van der Waals surface area (Å²) in [6.07, 6.45) is 4.69. The second-order valence-electron chi connectivity index (χ2n) is 5.90. The SMILES string of the molecule is Cl.Cl.O=C(CC1CCCN1)NCc1ccc(N2CCOCC2)nc1. The maximum atomic E-state index is 11.9. The normalized spacial score (nSPS) is 20.0. The van der Waals surface area contributed by atoms with Gasteiger partial charge in [0.25, 0.3) is 0 Å². The van der Waals surface area contributed by atoms with Crippen LogP contribution in [0.25, 0.3) is 0 Å². The van der Waals surface area contributed by atoms with Gasteiger partial charge in [-0.25, -0.2) is 4.98 Å². The molecule has 24 heavy (non-hydrogen) atoms.